The van der Waals surface area contributed by atoms with Gasteiger partial charge in [0.1, 0.15) is 11.8 Å². The Hall–Kier alpha value is -3.60. The fourth-order valence-corrected chi connectivity index (χ4v) is 5.21. The Balaban J connectivity index is 1.86. The zero-order chi connectivity index (χ0) is 28.9. The summed E-state index contributed by atoms with van der Waals surface area (Å²) in [5, 5.41) is 15.7. The van der Waals surface area contributed by atoms with E-state index in [0.717, 1.165) is 6.26 Å². The van der Waals surface area contributed by atoms with E-state index in [0.29, 0.717) is 27.7 Å². The van der Waals surface area contributed by atoms with E-state index < -0.39 is 27.8 Å². The molecule has 206 valence electrons. The first kappa shape index (κ1) is 29.9. The molecule has 0 aromatic heterocycles. The van der Waals surface area contributed by atoms with Gasteiger partial charge in [-0.1, -0.05) is 41.4 Å². The molecule has 0 aliphatic carbocycles. The van der Waals surface area contributed by atoms with Crippen LogP contribution in [-0.4, -0.2) is 57.3 Å². The number of aliphatic carboxylic acids is 1. The van der Waals surface area contributed by atoms with Gasteiger partial charge < -0.3 is 20.5 Å². The number of hydrogen-bond acceptors (Lipinski definition) is 6. The Morgan fingerprint density at radius 3 is 2.41 bits per heavy atom. The lowest BCUT2D eigenvalue weighted by molar-refractivity contribution is -0.139. The van der Waals surface area contributed by atoms with Gasteiger partial charge in [0.15, 0.2) is 9.84 Å². The number of nitrogens with one attached hydrogen (secondary N) is 2. The Labute approximate surface area is 235 Å². The van der Waals surface area contributed by atoms with Gasteiger partial charge in [-0.15, -0.1) is 0 Å². The van der Waals surface area contributed by atoms with Gasteiger partial charge in [0, 0.05) is 23.6 Å². The van der Waals surface area contributed by atoms with Crippen LogP contribution in [0.25, 0.3) is 10.8 Å². The fourth-order valence-electron chi connectivity index (χ4n) is 3.81. The van der Waals surface area contributed by atoms with Crippen molar-refractivity contribution in [1.82, 2.24) is 10.6 Å². The fraction of sp³-hybridized carbons (Fsp3) is 0.222. The highest BCUT2D eigenvalue weighted by molar-refractivity contribution is 7.90. The molecule has 12 heteroatoms. The average molecular weight is 593 g/mol. The van der Waals surface area contributed by atoms with E-state index in [2.05, 4.69) is 10.6 Å². The van der Waals surface area contributed by atoms with E-state index in [4.69, 9.17) is 27.9 Å². The molecule has 0 bridgehead atoms. The first-order valence-electron chi connectivity index (χ1n) is 11.6. The maximum atomic E-state index is 13.1. The summed E-state index contributed by atoms with van der Waals surface area (Å²) in [5.74, 6) is -1.91. The average Bonchev–Trinajstić information content (AvgIpc) is 2.88. The Morgan fingerprint density at radius 1 is 1.08 bits per heavy atom. The number of hydrogen-bond donors (Lipinski definition) is 3. The summed E-state index contributed by atoms with van der Waals surface area (Å²) in [6.07, 6.45) is 2.60. The van der Waals surface area contributed by atoms with Crippen LogP contribution in [0.2, 0.25) is 10.0 Å². The number of carbonyl (C=O) groups is 3. The molecular formula is C27H26Cl2N2O7S. The second-order valence-corrected chi connectivity index (χ2v) is 11.4. The van der Waals surface area contributed by atoms with Crippen LogP contribution < -0.4 is 10.6 Å². The molecule has 3 N–H and O–H groups in total. The molecule has 3 aromatic rings. The summed E-state index contributed by atoms with van der Waals surface area (Å²) in [6, 6.07) is 10.6. The van der Waals surface area contributed by atoms with E-state index in [1.165, 1.54) is 37.4 Å². The Kier molecular flexibility index (Phi) is 9.60. The third-order valence-electron chi connectivity index (χ3n) is 5.90. The molecule has 0 unspecified atom stereocenters. The molecule has 9 nitrogen and oxygen atoms in total. The predicted molar refractivity (Wildman–Crippen MR) is 149 cm³/mol. The van der Waals surface area contributed by atoms with Gasteiger partial charge >= 0.3 is 5.97 Å². The number of carbonyl (C=O) groups excluding carboxylic acids is 2. The SMILES string of the molecule is C/C=C(/CNC(=O)c1ccc2c(Cl)c(C(=O)N[C@@H](Cc3cccc(S(C)(=O)=O)c3)C(=O)O)c(Cl)cc2c1)OC. The summed E-state index contributed by atoms with van der Waals surface area (Å²) >= 11 is 12.9. The van der Waals surface area contributed by atoms with Crippen molar-refractivity contribution in [1.29, 1.82) is 0 Å². The molecular weight excluding hydrogens is 567 g/mol. The van der Waals surface area contributed by atoms with E-state index in [1.807, 2.05) is 0 Å². The summed E-state index contributed by atoms with van der Waals surface area (Å²) in [7, 11) is -2.00. The third kappa shape index (κ3) is 7.29. The topological polar surface area (TPSA) is 139 Å². The number of carboxylic acid groups (broad SMARTS) is 1. The first-order valence-corrected chi connectivity index (χ1v) is 14.2. The Morgan fingerprint density at radius 2 is 1.79 bits per heavy atom. The van der Waals surface area contributed by atoms with Gasteiger partial charge in [-0.05, 0) is 54.3 Å². The maximum Gasteiger partial charge on any atom is 0.326 e. The molecule has 2 amide bonds. The number of benzene rings is 3. The van der Waals surface area contributed by atoms with Crippen LogP contribution in [-0.2, 0) is 25.8 Å². The zero-order valence-corrected chi connectivity index (χ0v) is 23.6. The second kappa shape index (κ2) is 12.5. The number of ether oxygens (including phenoxy) is 1. The highest BCUT2D eigenvalue weighted by Gasteiger charge is 2.25. The number of fused-ring (bicyclic) bond motifs is 1. The lowest BCUT2D eigenvalue weighted by Gasteiger charge is -2.17. The van der Waals surface area contributed by atoms with Crippen LogP contribution in [0.5, 0.6) is 0 Å². The molecule has 0 saturated heterocycles. The van der Waals surface area contributed by atoms with Gasteiger partial charge in [-0.3, -0.25) is 9.59 Å². The standard InChI is InChI=1S/C27H26Cl2N2O7S/c1-4-18(38-2)14-30-25(32)16-8-9-20-17(12-16)13-21(28)23(24(20)29)26(33)31-22(27(34)35)11-15-6-5-7-19(10-15)39(3,36)37/h4-10,12-13,22H,11,14H2,1-3H3,(H,30,32)(H,31,33)(H,34,35)/b18-4-/t22-/m0/s1. The van der Waals surface area contributed by atoms with Crippen LogP contribution in [0.3, 0.4) is 0 Å². The summed E-state index contributed by atoms with van der Waals surface area (Å²) in [4.78, 5) is 37.6. The molecule has 0 fully saturated rings. The molecule has 0 aliphatic rings. The summed E-state index contributed by atoms with van der Waals surface area (Å²) in [5.41, 5.74) is 0.608. The van der Waals surface area contributed by atoms with Crippen molar-refractivity contribution in [3.05, 3.63) is 87.1 Å². The molecule has 0 spiro atoms. The van der Waals surface area contributed by atoms with Crippen LogP contribution in [0, 0.1) is 0 Å². The van der Waals surface area contributed by atoms with Gasteiger partial charge in [-0.25, -0.2) is 13.2 Å². The molecule has 0 radical (unpaired) electrons. The van der Waals surface area contributed by atoms with Crippen molar-refractivity contribution in [3.8, 4) is 0 Å². The molecule has 1 atom stereocenters. The van der Waals surface area contributed by atoms with Crippen LogP contribution in [0.1, 0.15) is 33.2 Å². The van der Waals surface area contributed by atoms with Gasteiger partial charge in [0.05, 0.1) is 34.2 Å². The van der Waals surface area contributed by atoms with Crippen LogP contribution in [0.15, 0.2) is 65.3 Å². The number of sulfone groups is 1. The smallest absolute Gasteiger partial charge is 0.326 e. The van der Waals surface area contributed by atoms with E-state index in [1.54, 1.807) is 31.2 Å². The van der Waals surface area contributed by atoms with Gasteiger partial charge in [0.2, 0.25) is 0 Å². The minimum Gasteiger partial charge on any atom is -0.500 e. The second-order valence-electron chi connectivity index (χ2n) is 8.61. The van der Waals surface area contributed by atoms with E-state index in [-0.39, 0.29) is 39.4 Å². The molecule has 39 heavy (non-hydrogen) atoms. The predicted octanol–water partition coefficient (Wildman–Crippen LogP) is 4.26. The van der Waals surface area contributed by atoms with Crippen LogP contribution in [0.4, 0.5) is 0 Å². The minimum atomic E-state index is -3.50. The molecule has 3 rings (SSSR count). The number of methoxy groups -OCH3 is 1. The largest absolute Gasteiger partial charge is 0.500 e. The van der Waals surface area contributed by atoms with E-state index in [9.17, 15) is 27.9 Å². The lowest BCUT2D eigenvalue weighted by Crippen LogP contribution is -2.42. The van der Waals surface area contributed by atoms with Crippen molar-refractivity contribution in [2.45, 2.75) is 24.3 Å². The lowest BCUT2D eigenvalue weighted by atomic mass is 10.0. The van der Waals surface area contributed by atoms with Crippen molar-refractivity contribution < 1.29 is 32.6 Å². The quantitative estimate of drug-likeness (QED) is 0.299. The normalized spacial score (nSPS) is 12.6. The minimum absolute atomic E-state index is 0.0132. The molecule has 0 saturated carbocycles. The third-order valence-corrected chi connectivity index (χ3v) is 7.70. The number of rotatable bonds is 10. The monoisotopic (exact) mass is 592 g/mol. The first-order chi connectivity index (χ1) is 18.3. The number of halogens is 2. The molecule has 0 heterocycles. The highest BCUT2D eigenvalue weighted by atomic mass is 35.5. The van der Waals surface area contributed by atoms with Gasteiger partial charge in [0.25, 0.3) is 11.8 Å². The number of amides is 2. The molecule has 3 aromatic carbocycles. The zero-order valence-electron chi connectivity index (χ0n) is 21.2. The van der Waals surface area contributed by atoms with E-state index >= 15 is 0 Å². The maximum absolute atomic E-state index is 13.1. The Bertz CT molecular complexity index is 1590. The number of carboxylic acids is 1. The van der Waals surface area contributed by atoms with Crippen molar-refractivity contribution >= 4 is 61.6 Å². The van der Waals surface area contributed by atoms with Crippen molar-refractivity contribution in [2.75, 3.05) is 19.9 Å². The van der Waals surface area contributed by atoms with Crippen LogP contribution >= 0.6 is 23.2 Å². The van der Waals surface area contributed by atoms with Gasteiger partial charge in [-0.2, -0.15) is 0 Å². The molecule has 0 aliphatic heterocycles. The summed E-state index contributed by atoms with van der Waals surface area (Å²) < 4.78 is 28.8. The summed E-state index contributed by atoms with van der Waals surface area (Å²) in [6.45, 7) is 1.99. The number of allylic oxidation sites excluding steroid dienone is 1. The highest BCUT2D eigenvalue weighted by Crippen LogP contribution is 2.34. The van der Waals surface area contributed by atoms with Crippen molar-refractivity contribution in [3.63, 3.8) is 0 Å². The van der Waals surface area contributed by atoms with Crippen molar-refractivity contribution in [2.24, 2.45) is 0 Å².